The summed E-state index contributed by atoms with van der Waals surface area (Å²) in [7, 11) is 0. The molecule has 28 heavy (non-hydrogen) atoms. The summed E-state index contributed by atoms with van der Waals surface area (Å²) in [5, 5.41) is 0. The number of carbonyl (C=O) groups is 1. The van der Waals surface area contributed by atoms with Gasteiger partial charge in [0.2, 0.25) is 5.91 Å². The lowest BCUT2D eigenvalue weighted by atomic mass is 9.90. The molecule has 2 heterocycles. The van der Waals surface area contributed by atoms with Gasteiger partial charge in [-0.2, -0.15) is 0 Å². The molecule has 4 nitrogen and oxygen atoms in total. The third kappa shape index (κ3) is 4.29. The van der Waals surface area contributed by atoms with Gasteiger partial charge in [-0.3, -0.25) is 4.79 Å². The maximum atomic E-state index is 13.0. The molecule has 0 saturated carbocycles. The van der Waals surface area contributed by atoms with Crippen LogP contribution in [0.5, 0.6) is 0 Å². The summed E-state index contributed by atoms with van der Waals surface area (Å²) in [6, 6.07) is 17.3. The van der Waals surface area contributed by atoms with Gasteiger partial charge in [0.05, 0.1) is 0 Å². The number of carbonyl (C=O) groups excluding carboxylic acids is 1. The molecule has 1 amide bonds. The second-order valence-corrected chi connectivity index (χ2v) is 8.43. The van der Waals surface area contributed by atoms with E-state index < -0.39 is 0 Å². The highest BCUT2D eigenvalue weighted by atomic mass is 16.2. The zero-order valence-corrected chi connectivity index (χ0v) is 16.9. The molecule has 2 aromatic carbocycles. The van der Waals surface area contributed by atoms with E-state index in [-0.39, 0.29) is 18.0 Å². The lowest BCUT2D eigenvalue weighted by molar-refractivity contribution is -0.134. The van der Waals surface area contributed by atoms with Gasteiger partial charge in [0.15, 0.2) is 0 Å². The maximum Gasteiger partial charge on any atom is 0.241 e. The Morgan fingerprint density at radius 3 is 2.46 bits per heavy atom. The van der Waals surface area contributed by atoms with Gasteiger partial charge in [-0.15, -0.1) is 0 Å². The predicted octanol–water partition coefficient (Wildman–Crippen LogP) is 3.69. The van der Waals surface area contributed by atoms with Crippen LogP contribution in [-0.4, -0.2) is 29.9 Å². The van der Waals surface area contributed by atoms with Crippen molar-refractivity contribution >= 4 is 5.91 Å². The fraction of sp³-hybridized carbons (Fsp3) is 0.458. The van der Waals surface area contributed by atoms with Crippen molar-refractivity contribution in [3.05, 3.63) is 70.8 Å². The van der Waals surface area contributed by atoms with Gasteiger partial charge in [-0.1, -0.05) is 48.5 Å². The molecule has 2 aromatic rings. The first kappa shape index (κ1) is 19.2. The zero-order chi connectivity index (χ0) is 19.5. The van der Waals surface area contributed by atoms with Crippen molar-refractivity contribution in [2.24, 2.45) is 5.92 Å². The standard InChI is InChI=1S/C24H31N3O/c1-17-8-9-21(14-18(17)2)22-16-23(26-25-22)24(28)27-12-10-20(11-13-27)15-19-6-4-3-5-7-19/h3-9,14,20,22-23,25-26H,10-13,15-16H2,1-2H3. The van der Waals surface area contributed by atoms with Crippen LogP contribution in [0.4, 0.5) is 0 Å². The third-order valence-corrected chi connectivity index (χ3v) is 6.43. The molecular formula is C24H31N3O. The Bertz CT molecular complexity index is 812. The number of hydrazine groups is 1. The van der Waals surface area contributed by atoms with Crippen molar-refractivity contribution in [3.63, 3.8) is 0 Å². The van der Waals surface area contributed by atoms with Gasteiger partial charge in [-0.05, 0) is 67.7 Å². The second-order valence-electron chi connectivity index (χ2n) is 8.43. The molecule has 0 spiro atoms. The topological polar surface area (TPSA) is 44.4 Å². The fourth-order valence-electron chi connectivity index (χ4n) is 4.44. The average Bonchev–Trinajstić information content (AvgIpc) is 3.21. The Morgan fingerprint density at radius 1 is 1.00 bits per heavy atom. The summed E-state index contributed by atoms with van der Waals surface area (Å²) in [4.78, 5) is 15.0. The lowest BCUT2D eigenvalue weighted by Crippen LogP contribution is -2.48. The van der Waals surface area contributed by atoms with E-state index in [1.165, 1.54) is 22.3 Å². The van der Waals surface area contributed by atoms with E-state index in [0.29, 0.717) is 5.92 Å². The number of rotatable bonds is 4. The normalized spacial score (nSPS) is 23.1. The van der Waals surface area contributed by atoms with Gasteiger partial charge >= 0.3 is 0 Å². The molecule has 148 valence electrons. The molecule has 4 heteroatoms. The largest absolute Gasteiger partial charge is 0.341 e. The summed E-state index contributed by atoms with van der Waals surface area (Å²) in [5.74, 6) is 0.932. The van der Waals surface area contributed by atoms with E-state index in [1.54, 1.807) is 0 Å². The number of amides is 1. The van der Waals surface area contributed by atoms with Gasteiger partial charge in [-0.25, -0.2) is 10.9 Å². The molecule has 0 aliphatic carbocycles. The minimum atomic E-state index is -0.128. The number of aryl methyl sites for hydroxylation is 2. The first-order valence-electron chi connectivity index (χ1n) is 10.5. The van der Waals surface area contributed by atoms with E-state index in [1.807, 2.05) is 0 Å². The quantitative estimate of drug-likeness (QED) is 0.854. The highest BCUT2D eigenvalue weighted by Crippen LogP contribution is 2.27. The van der Waals surface area contributed by atoms with E-state index in [0.717, 1.165) is 38.8 Å². The molecule has 2 fully saturated rings. The minimum absolute atomic E-state index is 0.128. The van der Waals surface area contributed by atoms with Crippen molar-refractivity contribution < 1.29 is 4.79 Å². The Labute approximate surface area is 168 Å². The number of piperidine rings is 1. The van der Waals surface area contributed by atoms with E-state index in [9.17, 15) is 4.79 Å². The van der Waals surface area contributed by atoms with Crippen LogP contribution in [0.25, 0.3) is 0 Å². The Hall–Kier alpha value is -2.17. The maximum absolute atomic E-state index is 13.0. The molecule has 4 rings (SSSR count). The highest BCUT2D eigenvalue weighted by molar-refractivity contribution is 5.82. The fourth-order valence-corrected chi connectivity index (χ4v) is 4.44. The molecular weight excluding hydrogens is 346 g/mol. The van der Waals surface area contributed by atoms with Gasteiger partial charge in [0.25, 0.3) is 0 Å². The van der Waals surface area contributed by atoms with Crippen LogP contribution in [0.15, 0.2) is 48.5 Å². The van der Waals surface area contributed by atoms with Crippen molar-refractivity contribution in [3.8, 4) is 0 Å². The van der Waals surface area contributed by atoms with Crippen LogP contribution >= 0.6 is 0 Å². The Morgan fingerprint density at radius 2 is 1.75 bits per heavy atom. The summed E-state index contributed by atoms with van der Waals surface area (Å²) in [6.07, 6.45) is 4.13. The van der Waals surface area contributed by atoms with Crippen LogP contribution in [0.1, 0.15) is 47.6 Å². The molecule has 2 unspecified atom stereocenters. The Kier molecular flexibility index (Phi) is 5.79. The summed E-state index contributed by atoms with van der Waals surface area (Å²) in [6.45, 7) is 6.03. The van der Waals surface area contributed by atoms with Crippen LogP contribution < -0.4 is 10.9 Å². The second kappa shape index (κ2) is 8.46. The van der Waals surface area contributed by atoms with Crippen molar-refractivity contribution in [2.45, 2.75) is 51.6 Å². The van der Waals surface area contributed by atoms with Gasteiger partial charge < -0.3 is 4.90 Å². The summed E-state index contributed by atoms with van der Waals surface area (Å²) < 4.78 is 0. The van der Waals surface area contributed by atoms with Crippen LogP contribution in [-0.2, 0) is 11.2 Å². The number of nitrogens with one attached hydrogen (secondary N) is 2. The van der Waals surface area contributed by atoms with Crippen LogP contribution in [0.3, 0.4) is 0 Å². The molecule has 2 aliphatic rings. The SMILES string of the molecule is Cc1ccc(C2CC(C(=O)N3CCC(Cc4ccccc4)CC3)NN2)cc1C. The molecule has 0 radical (unpaired) electrons. The highest BCUT2D eigenvalue weighted by Gasteiger charge is 2.34. The molecule has 2 saturated heterocycles. The van der Waals surface area contributed by atoms with Crippen LogP contribution in [0, 0.1) is 19.8 Å². The van der Waals surface area contributed by atoms with Crippen molar-refractivity contribution in [2.75, 3.05) is 13.1 Å². The number of hydrogen-bond donors (Lipinski definition) is 2. The molecule has 0 aromatic heterocycles. The van der Waals surface area contributed by atoms with E-state index in [2.05, 4.69) is 78.1 Å². The van der Waals surface area contributed by atoms with E-state index >= 15 is 0 Å². The lowest BCUT2D eigenvalue weighted by Gasteiger charge is -2.33. The molecule has 0 bridgehead atoms. The first-order valence-corrected chi connectivity index (χ1v) is 10.5. The summed E-state index contributed by atoms with van der Waals surface area (Å²) in [5.41, 5.74) is 11.9. The zero-order valence-electron chi connectivity index (χ0n) is 16.9. The monoisotopic (exact) mass is 377 g/mol. The van der Waals surface area contributed by atoms with Gasteiger partial charge in [0, 0.05) is 19.1 Å². The molecule has 2 N–H and O–H groups in total. The number of benzene rings is 2. The van der Waals surface area contributed by atoms with Crippen molar-refractivity contribution in [1.29, 1.82) is 0 Å². The predicted molar refractivity (Wildman–Crippen MR) is 113 cm³/mol. The molecule has 2 aliphatic heterocycles. The van der Waals surface area contributed by atoms with E-state index in [4.69, 9.17) is 0 Å². The third-order valence-electron chi connectivity index (χ3n) is 6.43. The number of likely N-dealkylation sites (tertiary alicyclic amines) is 1. The molecule has 2 atom stereocenters. The average molecular weight is 378 g/mol. The minimum Gasteiger partial charge on any atom is -0.341 e. The van der Waals surface area contributed by atoms with Crippen molar-refractivity contribution in [1.82, 2.24) is 15.8 Å². The number of hydrogen-bond acceptors (Lipinski definition) is 3. The first-order chi connectivity index (χ1) is 13.6. The number of nitrogens with zero attached hydrogens (tertiary/aromatic N) is 1. The smallest absolute Gasteiger partial charge is 0.241 e. The van der Waals surface area contributed by atoms with Gasteiger partial charge in [0.1, 0.15) is 6.04 Å². The summed E-state index contributed by atoms with van der Waals surface area (Å²) >= 11 is 0. The Balaban J connectivity index is 1.29. The van der Waals surface area contributed by atoms with Crippen LogP contribution in [0.2, 0.25) is 0 Å².